The molecule has 0 aliphatic carbocycles. The Labute approximate surface area is 97.3 Å². The smallest absolute Gasteiger partial charge is 0.119 e. The molecule has 0 spiro atoms. The number of benzene rings is 1. The molecule has 0 atom stereocenters. The van der Waals surface area contributed by atoms with E-state index in [1.54, 1.807) is 17.4 Å². The Bertz CT molecular complexity index is 675. The number of ether oxygens (including phenoxy) is 1. The maximum absolute atomic E-state index is 6.23. The quantitative estimate of drug-likeness (QED) is 0.644. The molecule has 2 aromatic heterocycles. The van der Waals surface area contributed by atoms with E-state index in [1.807, 2.05) is 30.5 Å². The van der Waals surface area contributed by atoms with Gasteiger partial charge in [0.05, 0.1) is 18.1 Å². The Balaban J connectivity index is 2.52. The van der Waals surface area contributed by atoms with Crippen molar-refractivity contribution < 1.29 is 4.74 Å². The average molecular weight is 233 g/mol. The van der Waals surface area contributed by atoms with Gasteiger partial charge in [-0.1, -0.05) is 0 Å². The lowest BCUT2D eigenvalue weighted by molar-refractivity contribution is 0.415. The van der Waals surface area contributed by atoms with E-state index in [0.29, 0.717) is 0 Å². The first kappa shape index (κ1) is 9.48. The van der Waals surface area contributed by atoms with Gasteiger partial charge < -0.3 is 4.74 Å². The molecular formula is C12H9ClN2O. The number of rotatable bonds is 1. The minimum absolute atomic E-state index is 0.820. The lowest BCUT2D eigenvalue weighted by Gasteiger charge is -1.99. The molecule has 0 N–H and O–H groups in total. The number of nitrogens with zero attached hydrogens (tertiary/aromatic N) is 2. The van der Waals surface area contributed by atoms with Gasteiger partial charge in [0, 0.05) is 34.9 Å². The Kier molecular flexibility index (Phi) is 2.01. The van der Waals surface area contributed by atoms with Gasteiger partial charge in [-0.05, 0) is 24.3 Å². The molecule has 2 heterocycles. The lowest BCUT2D eigenvalue weighted by atomic mass is 10.2. The summed E-state index contributed by atoms with van der Waals surface area (Å²) in [6, 6.07) is 7.71. The largest absolute Gasteiger partial charge is 0.497 e. The lowest BCUT2D eigenvalue weighted by Crippen LogP contribution is -1.82. The fraction of sp³-hybridized carbons (Fsp3) is 0.0833. The van der Waals surface area contributed by atoms with Crippen molar-refractivity contribution in [2.45, 2.75) is 0 Å². The summed E-state index contributed by atoms with van der Waals surface area (Å²) in [6.07, 6.45) is 3.55. The van der Waals surface area contributed by atoms with Gasteiger partial charge >= 0.3 is 0 Å². The highest BCUT2D eigenvalue weighted by atomic mass is 35.5. The predicted molar refractivity (Wildman–Crippen MR) is 65.0 cm³/mol. The molecule has 80 valence electrons. The van der Waals surface area contributed by atoms with Gasteiger partial charge in [-0.3, -0.25) is 9.07 Å². The van der Waals surface area contributed by atoms with Gasteiger partial charge in [-0.15, -0.1) is 0 Å². The van der Waals surface area contributed by atoms with E-state index >= 15 is 0 Å². The van der Waals surface area contributed by atoms with Crippen molar-refractivity contribution in [1.29, 1.82) is 0 Å². The van der Waals surface area contributed by atoms with Gasteiger partial charge in [0.1, 0.15) is 5.75 Å². The zero-order valence-electron chi connectivity index (χ0n) is 8.64. The van der Waals surface area contributed by atoms with Crippen molar-refractivity contribution >= 4 is 33.6 Å². The first-order valence-electron chi connectivity index (χ1n) is 4.89. The molecule has 4 heteroatoms. The van der Waals surface area contributed by atoms with E-state index in [0.717, 1.165) is 27.6 Å². The Morgan fingerprint density at radius 2 is 2.00 bits per heavy atom. The third kappa shape index (κ3) is 1.18. The standard InChI is InChI=1S/C12H9ClN2O/c1-16-8-2-3-11-9(6-8)10-7-14-5-4-12(10)15(11)13/h2-7H,1H3. The zero-order chi connectivity index (χ0) is 11.1. The van der Waals surface area contributed by atoms with E-state index in [4.69, 9.17) is 16.5 Å². The summed E-state index contributed by atoms with van der Waals surface area (Å²) in [4.78, 5) is 4.12. The number of pyridine rings is 1. The summed E-state index contributed by atoms with van der Waals surface area (Å²) in [5.74, 6) is 0.820. The highest BCUT2D eigenvalue weighted by Crippen LogP contribution is 2.31. The topological polar surface area (TPSA) is 27.1 Å². The fourth-order valence-corrected chi connectivity index (χ4v) is 2.22. The van der Waals surface area contributed by atoms with Crippen molar-refractivity contribution in [3.05, 3.63) is 36.7 Å². The molecule has 1 aromatic carbocycles. The molecule has 3 rings (SSSR count). The summed E-state index contributed by atoms with van der Waals surface area (Å²) in [7, 11) is 1.65. The highest BCUT2D eigenvalue weighted by Gasteiger charge is 2.09. The van der Waals surface area contributed by atoms with Crippen LogP contribution in [0.2, 0.25) is 0 Å². The molecular weight excluding hydrogens is 224 g/mol. The highest BCUT2D eigenvalue weighted by molar-refractivity contribution is 6.26. The van der Waals surface area contributed by atoms with Crippen LogP contribution in [0.25, 0.3) is 21.8 Å². The maximum atomic E-state index is 6.23. The third-order valence-corrected chi connectivity index (χ3v) is 3.08. The molecule has 0 saturated heterocycles. The van der Waals surface area contributed by atoms with E-state index in [-0.39, 0.29) is 0 Å². The minimum Gasteiger partial charge on any atom is -0.497 e. The van der Waals surface area contributed by atoms with E-state index in [2.05, 4.69) is 4.98 Å². The fourth-order valence-electron chi connectivity index (χ4n) is 1.92. The number of methoxy groups -OCH3 is 1. The number of halogens is 1. The van der Waals surface area contributed by atoms with Crippen LogP contribution in [0.1, 0.15) is 0 Å². The zero-order valence-corrected chi connectivity index (χ0v) is 9.40. The first-order chi connectivity index (χ1) is 7.81. The second-order valence-electron chi connectivity index (χ2n) is 3.56. The van der Waals surface area contributed by atoms with Crippen LogP contribution in [0.4, 0.5) is 0 Å². The van der Waals surface area contributed by atoms with E-state index in [9.17, 15) is 0 Å². The average Bonchev–Trinajstić information content (AvgIpc) is 2.64. The van der Waals surface area contributed by atoms with Crippen LogP contribution >= 0.6 is 11.8 Å². The first-order valence-corrected chi connectivity index (χ1v) is 5.23. The molecule has 0 aliphatic heterocycles. The van der Waals surface area contributed by atoms with Gasteiger partial charge in [-0.2, -0.15) is 0 Å². The summed E-state index contributed by atoms with van der Waals surface area (Å²) < 4.78 is 6.85. The predicted octanol–water partition coefficient (Wildman–Crippen LogP) is 3.20. The van der Waals surface area contributed by atoms with Crippen LogP contribution in [-0.4, -0.2) is 16.2 Å². The Hall–Kier alpha value is -1.74. The molecule has 3 nitrogen and oxygen atoms in total. The number of hydrogen-bond donors (Lipinski definition) is 0. The van der Waals surface area contributed by atoms with Crippen LogP contribution in [0.5, 0.6) is 5.75 Å². The third-order valence-electron chi connectivity index (χ3n) is 2.71. The normalized spacial score (nSPS) is 11.1. The molecule has 0 saturated carbocycles. The van der Waals surface area contributed by atoms with Gasteiger partial charge in [-0.25, -0.2) is 0 Å². The Morgan fingerprint density at radius 3 is 2.81 bits per heavy atom. The summed E-state index contributed by atoms with van der Waals surface area (Å²) >= 11 is 6.23. The SMILES string of the molecule is COc1ccc2c(c1)c1cnccc1n2Cl. The second-order valence-corrected chi connectivity index (χ2v) is 3.89. The molecule has 0 aliphatic rings. The van der Waals surface area contributed by atoms with E-state index in [1.165, 1.54) is 0 Å². The molecule has 3 aromatic rings. The molecule has 0 fully saturated rings. The van der Waals surface area contributed by atoms with Crippen molar-refractivity contribution in [3.63, 3.8) is 0 Å². The van der Waals surface area contributed by atoms with Crippen LogP contribution < -0.4 is 4.74 Å². The van der Waals surface area contributed by atoms with Crippen molar-refractivity contribution in [1.82, 2.24) is 9.07 Å². The molecule has 16 heavy (non-hydrogen) atoms. The van der Waals surface area contributed by atoms with Crippen LogP contribution in [0.3, 0.4) is 0 Å². The van der Waals surface area contributed by atoms with Crippen LogP contribution in [0.15, 0.2) is 36.7 Å². The van der Waals surface area contributed by atoms with Crippen molar-refractivity contribution in [3.8, 4) is 5.75 Å². The molecule has 0 amide bonds. The van der Waals surface area contributed by atoms with E-state index < -0.39 is 0 Å². The number of fused-ring (bicyclic) bond motifs is 3. The minimum atomic E-state index is 0.820. The molecule has 0 bridgehead atoms. The van der Waals surface area contributed by atoms with Crippen LogP contribution in [-0.2, 0) is 0 Å². The van der Waals surface area contributed by atoms with Crippen molar-refractivity contribution in [2.75, 3.05) is 7.11 Å². The summed E-state index contributed by atoms with van der Waals surface area (Å²) in [5.41, 5.74) is 1.92. The maximum Gasteiger partial charge on any atom is 0.119 e. The number of hydrogen-bond acceptors (Lipinski definition) is 2. The monoisotopic (exact) mass is 232 g/mol. The van der Waals surface area contributed by atoms with Gasteiger partial charge in [0.15, 0.2) is 0 Å². The van der Waals surface area contributed by atoms with Gasteiger partial charge in [0.25, 0.3) is 0 Å². The van der Waals surface area contributed by atoms with Crippen molar-refractivity contribution in [2.24, 2.45) is 0 Å². The number of aromatic nitrogens is 2. The summed E-state index contributed by atoms with van der Waals surface area (Å²) in [5, 5.41) is 2.09. The van der Waals surface area contributed by atoms with Gasteiger partial charge in [0.2, 0.25) is 0 Å². The summed E-state index contributed by atoms with van der Waals surface area (Å²) in [6.45, 7) is 0. The second kappa shape index (κ2) is 3.39. The molecule has 0 unspecified atom stereocenters. The Morgan fingerprint density at radius 1 is 1.19 bits per heavy atom. The van der Waals surface area contributed by atoms with Crippen LogP contribution in [0, 0.1) is 0 Å². The molecule has 0 radical (unpaired) electrons.